The van der Waals surface area contributed by atoms with Gasteiger partial charge in [0.25, 0.3) is 5.91 Å². The van der Waals surface area contributed by atoms with Crippen molar-refractivity contribution in [2.45, 2.75) is 0 Å². The maximum absolute atomic E-state index is 12.2. The maximum Gasteiger partial charge on any atom is 0.260 e. The first-order chi connectivity index (χ1) is 14.6. The number of hydrazone groups is 1. The predicted octanol–water partition coefficient (Wildman–Crippen LogP) is 0.742. The van der Waals surface area contributed by atoms with Gasteiger partial charge in [0.2, 0.25) is 0 Å². The fraction of sp³-hybridized carbons (Fsp3) is 0.286. The molecule has 0 atom stereocenters. The minimum Gasteiger partial charge on any atom is -0.545 e. The number of aromatic carboxylic acids is 1. The van der Waals surface area contributed by atoms with Crippen molar-refractivity contribution in [3.05, 3.63) is 53.6 Å². The first kappa shape index (κ1) is 21.1. The number of carbonyl (C=O) groups excluding carboxylic acids is 2. The number of nitrogens with zero attached hydrogens (tertiary/aromatic N) is 2. The highest BCUT2D eigenvalue weighted by atomic mass is 16.5. The van der Waals surface area contributed by atoms with Crippen molar-refractivity contribution in [1.82, 2.24) is 4.90 Å². The number of hydrogen-bond acceptors (Lipinski definition) is 8. The summed E-state index contributed by atoms with van der Waals surface area (Å²) in [6, 6.07) is 11.3. The van der Waals surface area contributed by atoms with Crippen LogP contribution in [0.1, 0.15) is 15.9 Å². The molecular formula is C21H22N3O6-. The van der Waals surface area contributed by atoms with Gasteiger partial charge in [0.05, 0.1) is 38.2 Å². The molecule has 0 aromatic heterocycles. The number of benzene rings is 2. The molecule has 1 fully saturated rings. The molecule has 0 aliphatic carbocycles. The van der Waals surface area contributed by atoms with Gasteiger partial charge < -0.3 is 29.0 Å². The Balaban J connectivity index is 1.57. The molecule has 0 unspecified atom stereocenters. The molecule has 1 amide bonds. The van der Waals surface area contributed by atoms with Crippen molar-refractivity contribution >= 4 is 23.8 Å². The van der Waals surface area contributed by atoms with Crippen LogP contribution in [0.4, 0.5) is 5.69 Å². The van der Waals surface area contributed by atoms with Crippen molar-refractivity contribution in [2.24, 2.45) is 5.10 Å². The second-order valence-electron chi connectivity index (χ2n) is 6.43. The third-order valence-corrected chi connectivity index (χ3v) is 4.43. The number of hydrogen-bond donors (Lipinski definition) is 1. The third kappa shape index (κ3) is 5.71. The Morgan fingerprint density at radius 3 is 2.57 bits per heavy atom. The Bertz CT molecular complexity index is 907. The van der Waals surface area contributed by atoms with Crippen LogP contribution < -0.4 is 20.0 Å². The lowest BCUT2D eigenvalue weighted by Gasteiger charge is -2.26. The molecule has 1 saturated heterocycles. The largest absolute Gasteiger partial charge is 0.545 e. The van der Waals surface area contributed by atoms with Gasteiger partial charge >= 0.3 is 0 Å². The van der Waals surface area contributed by atoms with Crippen LogP contribution in [0.3, 0.4) is 0 Å². The molecule has 0 saturated carbocycles. The molecule has 0 bridgehead atoms. The van der Waals surface area contributed by atoms with Gasteiger partial charge in [-0.15, -0.1) is 0 Å². The van der Waals surface area contributed by atoms with Crippen molar-refractivity contribution in [2.75, 3.05) is 45.4 Å². The fourth-order valence-corrected chi connectivity index (χ4v) is 2.79. The second-order valence-corrected chi connectivity index (χ2v) is 6.43. The highest BCUT2D eigenvalue weighted by molar-refractivity contribution is 5.86. The minimum atomic E-state index is -1.23. The summed E-state index contributed by atoms with van der Waals surface area (Å²) in [5.41, 5.74) is 4.28. The summed E-state index contributed by atoms with van der Waals surface area (Å²) in [7, 11) is 1.52. The lowest BCUT2D eigenvalue weighted by molar-refractivity contribution is -0.255. The lowest BCUT2D eigenvalue weighted by atomic mass is 10.2. The van der Waals surface area contributed by atoms with E-state index in [1.807, 2.05) is 0 Å². The van der Waals surface area contributed by atoms with Gasteiger partial charge in [0, 0.05) is 13.1 Å². The standard InChI is InChI=1S/C21H23N3O6/c1-28-19-12-15(13-22-23-17-5-3-16(4-6-17)21(26)27)2-7-18(19)30-14-20(25)24-8-10-29-11-9-24/h2-7,12-13,23H,8-11,14H2,1H3,(H,26,27)/p-1/b22-13-. The molecule has 9 heteroatoms. The summed E-state index contributed by atoms with van der Waals surface area (Å²) in [6.45, 7) is 2.14. The van der Waals surface area contributed by atoms with Gasteiger partial charge in [-0.1, -0.05) is 12.1 Å². The number of amides is 1. The Morgan fingerprint density at radius 1 is 1.17 bits per heavy atom. The average molecular weight is 412 g/mol. The molecule has 1 aliphatic heterocycles. The zero-order valence-electron chi connectivity index (χ0n) is 16.5. The molecule has 158 valence electrons. The molecule has 1 aliphatic rings. The molecule has 0 spiro atoms. The van der Waals surface area contributed by atoms with E-state index in [1.54, 1.807) is 41.4 Å². The van der Waals surface area contributed by atoms with Gasteiger partial charge in [-0.05, 0) is 41.5 Å². The molecule has 2 aromatic carbocycles. The number of carboxylic acids is 1. The van der Waals surface area contributed by atoms with E-state index in [1.165, 1.54) is 19.2 Å². The number of morpholine rings is 1. The molecule has 30 heavy (non-hydrogen) atoms. The van der Waals surface area contributed by atoms with Crippen molar-refractivity contribution in [3.8, 4) is 11.5 Å². The molecule has 9 nitrogen and oxygen atoms in total. The lowest BCUT2D eigenvalue weighted by Crippen LogP contribution is -2.43. The van der Waals surface area contributed by atoms with E-state index < -0.39 is 5.97 Å². The Kier molecular flexibility index (Phi) is 7.23. The van der Waals surface area contributed by atoms with Crippen molar-refractivity contribution < 1.29 is 28.9 Å². The van der Waals surface area contributed by atoms with E-state index in [4.69, 9.17) is 14.2 Å². The number of carboxylic acid groups (broad SMARTS) is 1. The van der Waals surface area contributed by atoms with Gasteiger partial charge in [-0.3, -0.25) is 10.2 Å². The summed E-state index contributed by atoms with van der Waals surface area (Å²) in [6.07, 6.45) is 1.58. The predicted molar refractivity (Wildman–Crippen MR) is 108 cm³/mol. The van der Waals surface area contributed by atoms with Crippen LogP contribution in [0.15, 0.2) is 47.6 Å². The SMILES string of the molecule is COc1cc(/C=N\Nc2ccc(C(=O)[O-])cc2)ccc1OCC(=O)N1CCOCC1. The fourth-order valence-electron chi connectivity index (χ4n) is 2.79. The summed E-state index contributed by atoms with van der Waals surface area (Å²) < 4.78 is 16.2. The van der Waals surface area contributed by atoms with E-state index in [-0.39, 0.29) is 18.1 Å². The zero-order valence-corrected chi connectivity index (χ0v) is 16.5. The molecule has 1 heterocycles. The summed E-state index contributed by atoms with van der Waals surface area (Å²) in [5.74, 6) is -0.389. The number of methoxy groups -OCH3 is 1. The smallest absolute Gasteiger partial charge is 0.260 e. The molecule has 2 aromatic rings. The quantitative estimate of drug-likeness (QED) is 0.503. The molecule has 1 N–H and O–H groups in total. The second kappa shape index (κ2) is 10.3. The molecular weight excluding hydrogens is 390 g/mol. The highest BCUT2D eigenvalue weighted by Crippen LogP contribution is 2.27. The number of rotatable bonds is 8. The molecule has 0 radical (unpaired) electrons. The minimum absolute atomic E-state index is 0.0762. The van der Waals surface area contributed by atoms with E-state index in [2.05, 4.69) is 10.5 Å². The summed E-state index contributed by atoms with van der Waals surface area (Å²) >= 11 is 0. The highest BCUT2D eigenvalue weighted by Gasteiger charge is 2.18. The van der Waals surface area contributed by atoms with Crippen LogP contribution in [0, 0.1) is 0 Å². The van der Waals surface area contributed by atoms with Gasteiger partial charge in [0.1, 0.15) is 0 Å². The van der Waals surface area contributed by atoms with Gasteiger partial charge in [-0.2, -0.15) is 5.10 Å². The molecule has 3 rings (SSSR count). The van der Waals surface area contributed by atoms with Gasteiger partial charge in [0.15, 0.2) is 18.1 Å². The Hall–Kier alpha value is -3.59. The van der Waals surface area contributed by atoms with Gasteiger partial charge in [-0.25, -0.2) is 0 Å². The Labute approximate surface area is 173 Å². The van der Waals surface area contributed by atoms with Crippen LogP contribution >= 0.6 is 0 Å². The third-order valence-electron chi connectivity index (χ3n) is 4.43. The zero-order chi connectivity index (χ0) is 21.3. The van der Waals surface area contributed by atoms with Crippen LogP contribution in [-0.4, -0.2) is 63.0 Å². The van der Waals surface area contributed by atoms with Crippen LogP contribution in [0.5, 0.6) is 11.5 Å². The topological polar surface area (TPSA) is 113 Å². The maximum atomic E-state index is 12.2. The number of anilines is 1. The number of ether oxygens (including phenoxy) is 3. The van der Waals surface area contributed by atoms with E-state index in [0.29, 0.717) is 43.5 Å². The monoisotopic (exact) mass is 412 g/mol. The normalized spacial score (nSPS) is 13.8. The number of nitrogens with one attached hydrogen (secondary N) is 1. The first-order valence-electron chi connectivity index (χ1n) is 9.33. The first-order valence-corrected chi connectivity index (χ1v) is 9.33. The van der Waals surface area contributed by atoms with Crippen molar-refractivity contribution in [3.63, 3.8) is 0 Å². The summed E-state index contributed by atoms with van der Waals surface area (Å²) in [4.78, 5) is 24.7. The van der Waals surface area contributed by atoms with Crippen molar-refractivity contribution in [1.29, 1.82) is 0 Å². The average Bonchev–Trinajstić information content (AvgIpc) is 2.78. The van der Waals surface area contributed by atoms with Crippen LogP contribution in [-0.2, 0) is 9.53 Å². The number of carbonyl (C=O) groups is 2. The van der Waals surface area contributed by atoms with E-state index >= 15 is 0 Å². The van der Waals surface area contributed by atoms with Crippen LogP contribution in [0.25, 0.3) is 0 Å². The van der Waals surface area contributed by atoms with Crippen LogP contribution in [0.2, 0.25) is 0 Å². The summed E-state index contributed by atoms with van der Waals surface area (Å²) in [5, 5.41) is 14.9. The Morgan fingerprint density at radius 2 is 1.90 bits per heavy atom. The van der Waals surface area contributed by atoms with E-state index in [0.717, 1.165) is 5.56 Å². The van der Waals surface area contributed by atoms with E-state index in [9.17, 15) is 14.7 Å².